The van der Waals surface area contributed by atoms with E-state index < -0.39 is 0 Å². The quantitative estimate of drug-likeness (QED) is 0.758. The maximum absolute atomic E-state index is 4.00. The molecule has 1 heterocycles. The average molecular weight is 197 g/mol. The van der Waals surface area contributed by atoms with Gasteiger partial charge in [-0.3, -0.25) is 5.43 Å². The van der Waals surface area contributed by atoms with Crippen LogP contribution in [0.4, 0.5) is 5.69 Å². The molecule has 0 bridgehead atoms. The van der Waals surface area contributed by atoms with Crippen LogP contribution in [0.1, 0.15) is 0 Å². The van der Waals surface area contributed by atoms with Gasteiger partial charge in [-0.25, -0.2) is 0 Å². The third kappa shape index (κ3) is 1.32. The van der Waals surface area contributed by atoms with Gasteiger partial charge in [-0.1, -0.05) is 36.4 Å². The smallest absolute Gasteiger partial charge is 0.117 e. The molecule has 0 aromatic heterocycles. The van der Waals surface area contributed by atoms with Crippen LogP contribution in [0.5, 0.6) is 0 Å². The Morgan fingerprint density at radius 2 is 1.93 bits per heavy atom. The van der Waals surface area contributed by atoms with Gasteiger partial charge in [0.15, 0.2) is 0 Å². The Labute approximate surface area is 88.0 Å². The highest BCUT2D eigenvalue weighted by Crippen LogP contribution is 2.26. The van der Waals surface area contributed by atoms with Crippen molar-refractivity contribution in [3.63, 3.8) is 0 Å². The van der Waals surface area contributed by atoms with Crippen LogP contribution in [0.15, 0.2) is 47.6 Å². The number of anilines is 1. The van der Waals surface area contributed by atoms with Crippen molar-refractivity contribution < 1.29 is 0 Å². The van der Waals surface area contributed by atoms with E-state index in [2.05, 4.69) is 57.9 Å². The predicted octanol–water partition coefficient (Wildman–Crippen LogP) is 2.15. The number of nitrogens with zero attached hydrogens (tertiary/aromatic N) is 2. The summed E-state index contributed by atoms with van der Waals surface area (Å²) in [7, 11) is 0. The summed E-state index contributed by atoms with van der Waals surface area (Å²) in [6.07, 6.45) is 1.82. The minimum atomic E-state index is 0.744. The SMILES string of the molecule is C1=NNCN1c1cccc2ccccc12. The minimum Gasteiger partial charge on any atom is -0.311 e. The Morgan fingerprint density at radius 1 is 1.07 bits per heavy atom. The fraction of sp³-hybridized carbons (Fsp3) is 0.0833. The standard InChI is InChI=1S/C12H11N3/c1-2-6-11-10(4-1)5-3-7-12(11)15-8-13-14-9-15/h1-8,14H,9H2. The molecule has 0 spiro atoms. The van der Waals surface area contributed by atoms with Gasteiger partial charge in [0.05, 0.1) is 5.69 Å². The molecule has 3 heteroatoms. The molecule has 0 aliphatic carbocycles. The van der Waals surface area contributed by atoms with Crippen LogP contribution in [0, 0.1) is 0 Å². The molecule has 1 aliphatic rings. The first-order valence-corrected chi connectivity index (χ1v) is 4.95. The van der Waals surface area contributed by atoms with Crippen molar-refractivity contribution in [1.82, 2.24) is 5.43 Å². The fourth-order valence-corrected chi connectivity index (χ4v) is 1.87. The van der Waals surface area contributed by atoms with Gasteiger partial charge in [0.1, 0.15) is 13.0 Å². The van der Waals surface area contributed by atoms with E-state index in [0.29, 0.717) is 0 Å². The highest BCUT2D eigenvalue weighted by molar-refractivity contribution is 5.99. The second kappa shape index (κ2) is 3.28. The number of hydrogen-bond acceptors (Lipinski definition) is 3. The zero-order chi connectivity index (χ0) is 10.1. The second-order valence-corrected chi connectivity index (χ2v) is 3.53. The monoisotopic (exact) mass is 197 g/mol. The fourth-order valence-electron chi connectivity index (χ4n) is 1.87. The first kappa shape index (κ1) is 8.29. The van der Waals surface area contributed by atoms with Crippen molar-refractivity contribution in [2.24, 2.45) is 5.10 Å². The lowest BCUT2D eigenvalue weighted by Crippen LogP contribution is -2.22. The molecule has 15 heavy (non-hydrogen) atoms. The zero-order valence-corrected chi connectivity index (χ0v) is 8.22. The second-order valence-electron chi connectivity index (χ2n) is 3.53. The molecular weight excluding hydrogens is 186 g/mol. The van der Waals surface area contributed by atoms with E-state index in [1.165, 1.54) is 16.5 Å². The number of benzene rings is 2. The van der Waals surface area contributed by atoms with Gasteiger partial charge in [-0.15, -0.1) is 0 Å². The Kier molecular flexibility index (Phi) is 1.81. The van der Waals surface area contributed by atoms with Crippen molar-refractivity contribution in [2.75, 3.05) is 11.6 Å². The van der Waals surface area contributed by atoms with Crippen LogP contribution >= 0.6 is 0 Å². The number of fused-ring (bicyclic) bond motifs is 1. The lowest BCUT2D eigenvalue weighted by Gasteiger charge is -2.15. The highest BCUT2D eigenvalue weighted by Gasteiger charge is 2.09. The lowest BCUT2D eigenvalue weighted by molar-refractivity contribution is 0.809. The summed E-state index contributed by atoms with van der Waals surface area (Å²) >= 11 is 0. The maximum atomic E-state index is 4.00. The lowest BCUT2D eigenvalue weighted by atomic mass is 10.1. The molecule has 3 rings (SSSR count). The molecule has 0 saturated heterocycles. The van der Waals surface area contributed by atoms with E-state index >= 15 is 0 Å². The van der Waals surface area contributed by atoms with Crippen LogP contribution in [0.2, 0.25) is 0 Å². The van der Waals surface area contributed by atoms with Crippen LogP contribution in [-0.2, 0) is 0 Å². The van der Waals surface area contributed by atoms with Gasteiger partial charge in [0.2, 0.25) is 0 Å². The van der Waals surface area contributed by atoms with E-state index in [0.717, 1.165) is 6.67 Å². The predicted molar refractivity (Wildman–Crippen MR) is 62.9 cm³/mol. The molecule has 2 aromatic carbocycles. The Balaban J connectivity index is 2.21. The number of hydrazone groups is 1. The minimum absolute atomic E-state index is 0.744. The molecule has 3 nitrogen and oxygen atoms in total. The van der Waals surface area contributed by atoms with Crippen molar-refractivity contribution in [2.45, 2.75) is 0 Å². The largest absolute Gasteiger partial charge is 0.311 e. The molecular formula is C12H11N3. The van der Waals surface area contributed by atoms with Crippen LogP contribution in [-0.4, -0.2) is 13.0 Å². The molecule has 0 atom stereocenters. The van der Waals surface area contributed by atoms with E-state index in [1.54, 1.807) is 0 Å². The molecule has 0 radical (unpaired) electrons. The van der Waals surface area contributed by atoms with Crippen LogP contribution in [0.3, 0.4) is 0 Å². The van der Waals surface area contributed by atoms with Gasteiger partial charge < -0.3 is 4.90 Å². The summed E-state index contributed by atoms with van der Waals surface area (Å²) in [6, 6.07) is 14.7. The Hall–Kier alpha value is -2.03. The first-order chi connectivity index (χ1) is 7.45. The van der Waals surface area contributed by atoms with E-state index in [1.807, 2.05) is 6.34 Å². The van der Waals surface area contributed by atoms with Gasteiger partial charge in [0, 0.05) is 5.39 Å². The number of rotatable bonds is 1. The summed E-state index contributed by atoms with van der Waals surface area (Å²) < 4.78 is 0. The van der Waals surface area contributed by atoms with E-state index in [9.17, 15) is 0 Å². The van der Waals surface area contributed by atoms with E-state index in [4.69, 9.17) is 0 Å². The summed E-state index contributed by atoms with van der Waals surface area (Å²) in [6.45, 7) is 0.744. The molecule has 0 amide bonds. The third-order valence-corrected chi connectivity index (χ3v) is 2.61. The van der Waals surface area contributed by atoms with Gasteiger partial charge in [-0.05, 0) is 11.5 Å². The highest BCUT2D eigenvalue weighted by atomic mass is 15.5. The maximum Gasteiger partial charge on any atom is 0.117 e. The van der Waals surface area contributed by atoms with Gasteiger partial charge in [-0.2, -0.15) is 5.10 Å². The molecule has 0 saturated carbocycles. The normalized spacial score (nSPS) is 14.5. The Morgan fingerprint density at radius 3 is 2.80 bits per heavy atom. The molecule has 2 aromatic rings. The molecule has 1 aliphatic heterocycles. The third-order valence-electron chi connectivity index (χ3n) is 2.61. The number of nitrogens with one attached hydrogen (secondary N) is 1. The summed E-state index contributed by atoms with van der Waals surface area (Å²) in [5, 5.41) is 6.52. The van der Waals surface area contributed by atoms with Crippen molar-refractivity contribution in [3.05, 3.63) is 42.5 Å². The summed E-state index contributed by atoms with van der Waals surface area (Å²) in [5.74, 6) is 0. The summed E-state index contributed by atoms with van der Waals surface area (Å²) in [4.78, 5) is 2.10. The van der Waals surface area contributed by atoms with E-state index in [-0.39, 0.29) is 0 Å². The van der Waals surface area contributed by atoms with Crippen molar-refractivity contribution in [1.29, 1.82) is 0 Å². The molecule has 74 valence electrons. The van der Waals surface area contributed by atoms with Crippen LogP contribution in [0.25, 0.3) is 10.8 Å². The summed E-state index contributed by atoms with van der Waals surface area (Å²) in [5.41, 5.74) is 4.13. The first-order valence-electron chi connectivity index (χ1n) is 4.95. The van der Waals surface area contributed by atoms with Gasteiger partial charge >= 0.3 is 0 Å². The van der Waals surface area contributed by atoms with Crippen molar-refractivity contribution in [3.8, 4) is 0 Å². The topological polar surface area (TPSA) is 27.6 Å². The van der Waals surface area contributed by atoms with Gasteiger partial charge in [0.25, 0.3) is 0 Å². The molecule has 0 unspecified atom stereocenters. The Bertz CT molecular complexity index is 514. The molecule has 0 fully saturated rings. The number of hydrogen-bond donors (Lipinski definition) is 1. The molecule has 1 N–H and O–H groups in total. The zero-order valence-electron chi connectivity index (χ0n) is 8.22. The van der Waals surface area contributed by atoms with Crippen LogP contribution < -0.4 is 10.3 Å². The average Bonchev–Trinajstić information content (AvgIpc) is 2.82. The van der Waals surface area contributed by atoms with Crippen molar-refractivity contribution >= 4 is 22.8 Å².